The van der Waals surface area contributed by atoms with Gasteiger partial charge in [0.2, 0.25) is 0 Å². The van der Waals surface area contributed by atoms with Gasteiger partial charge in [0.1, 0.15) is 0 Å². The number of para-hydroxylation sites is 1. The van der Waals surface area contributed by atoms with E-state index in [1.54, 1.807) is 0 Å². The van der Waals surface area contributed by atoms with E-state index in [0.29, 0.717) is 37.6 Å². The van der Waals surface area contributed by atoms with E-state index in [0.717, 1.165) is 17.5 Å². The van der Waals surface area contributed by atoms with Crippen LogP contribution in [-0.4, -0.2) is 36.4 Å². The monoisotopic (exact) mass is 398 g/mol. The molecule has 29 heavy (non-hydrogen) atoms. The number of rotatable bonds is 8. The van der Waals surface area contributed by atoms with E-state index < -0.39 is 5.97 Å². The number of carbonyl (C=O) groups is 2. The Bertz CT molecular complexity index is 825. The Morgan fingerprint density at radius 2 is 1.83 bits per heavy atom. The zero-order valence-electron chi connectivity index (χ0n) is 16.2. The van der Waals surface area contributed by atoms with Crippen molar-refractivity contribution in [3.63, 3.8) is 0 Å². The maximum Gasteiger partial charge on any atom is 0.315 e. The minimum absolute atomic E-state index is 0.00481. The minimum atomic E-state index is -0.880. The summed E-state index contributed by atoms with van der Waals surface area (Å²) >= 11 is 0. The van der Waals surface area contributed by atoms with E-state index in [2.05, 4.69) is 10.6 Å². The molecule has 0 aromatic heterocycles. The van der Waals surface area contributed by atoms with Crippen molar-refractivity contribution in [3.8, 4) is 11.5 Å². The van der Waals surface area contributed by atoms with Gasteiger partial charge in [0.25, 0.3) is 0 Å². The lowest BCUT2D eigenvalue weighted by atomic mass is 10.0. The van der Waals surface area contributed by atoms with Gasteiger partial charge in [-0.05, 0) is 24.5 Å². The molecule has 7 nitrogen and oxygen atoms in total. The molecule has 2 amide bonds. The van der Waals surface area contributed by atoms with E-state index in [1.165, 1.54) is 0 Å². The van der Waals surface area contributed by atoms with Crippen LogP contribution in [0.3, 0.4) is 0 Å². The summed E-state index contributed by atoms with van der Waals surface area (Å²) < 4.78 is 11.4. The van der Waals surface area contributed by atoms with Crippen molar-refractivity contribution in [3.05, 3.63) is 59.7 Å². The molecule has 1 aliphatic heterocycles. The second-order valence-electron chi connectivity index (χ2n) is 6.94. The van der Waals surface area contributed by atoms with Crippen LogP contribution in [0.4, 0.5) is 4.79 Å². The molecule has 1 unspecified atom stereocenters. The molecule has 7 heteroatoms. The van der Waals surface area contributed by atoms with Crippen LogP contribution in [0.1, 0.15) is 30.4 Å². The largest absolute Gasteiger partial charge is 0.490 e. The molecule has 0 fully saturated rings. The SMILES string of the molecule is O=C(O)CCC(Cc1ccccc1)NC(=O)NCc1cccc2c1OCCCO2. The number of urea groups is 1. The second kappa shape index (κ2) is 10.4. The van der Waals surface area contributed by atoms with Crippen molar-refractivity contribution in [2.24, 2.45) is 0 Å². The van der Waals surface area contributed by atoms with Gasteiger partial charge in [0.05, 0.1) is 13.2 Å². The second-order valence-corrected chi connectivity index (χ2v) is 6.94. The minimum Gasteiger partial charge on any atom is -0.490 e. The first-order chi connectivity index (χ1) is 14.1. The van der Waals surface area contributed by atoms with Gasteiger partial charge in [0, 0.05) is 31.0 Å². The van der Waals surface area contributed by atoms with Crippen molar-refractivity contribution in [2.75, 3.05) is 13.2 Å². The Kier molecular flexibility index (Phi) is 7.33. The third-order valence-corrected chi connectivity index (χ3v) is 4.66. The van der Waals surface area contributed by atoms with E-state index in [1.807, 2.05) is 48.5 Å². The van der Waals surface area contributed by atoms with Crippen LogP contribution < -0.4 is 20.1 Å². The van der Waals surface area contributed by atoms with Gasteiger partial charge in [-0.1, -0.05) is 42.5 Å². The number of nitrogens with one attached hydrogen (secondary N) is 2. The van der Waals surface area contributed by atoms with Crippen LogP contribution in [0.25, 0.3) is 0 Å². The summed E-state index contributed by atoms with van der Waals surface area (Å²) in [5, 5.41) is 14.7. The average Bonchev–Trinajstić information content (AvgIpc) is 2.97. The Morgan fingerprint density at radius 3 is 2.62 bits per heavy atom. The standard InChI is InChI=1S/C22H26N2O5/c25-20(26)11-10-18(14-16-6-2-1-3-7-16)24-22(27)23-15-17-8-4-9-19-21(17)29-13-5-12-28-19/h1-4,6-9,18H,5,10-15H2,(H,25,26)(H2,23,24,27). The summed E-state index contributed by atoms with van der Waals surface area (Å²) in [5.41, 5.74) is 1.88. The molecule has 2 aromatic rings. The van der Waals surface area contributed by atoms with Gasteiger partial charge in [0.15, 0.2) is 11.5 Å². The predicted molar refractivity (Wildman–Crippen MR) is 108 cm³/mol. The lowest BCUT2D eigenvalue weighted by molar-refractivity contribution is -0.137. The van der Waals surface area contributed by atoms with Gasteiger partial charge in [-0.25, -0.2) is 4.79 Å². The lowest BCUT2D eigenvalue weighted by Crippen LogP contribution is -2.43. The fourth-order valence-electron chi connectivity index (χ4n) is 3.23. The van der Waals surface area contributed by atoms with Gasteiger partial charge in [-0.2, -0.15) is 0 Å². The lowest BCUT2D eigenvalue weighted by Gasteiger charge is -2.19. The fourth-order valence-corrected chi connectivity index (χ4v) is 3.23. The van der Waals surface area contributed by atoms with Crippen LogP contribution >= 0.6 is 0 Å². The molecule has 0 spiro atoms. The van der Waals surface area contributed by atoms with Crippen LogP contribution in [0, 0.1) is 0 Å². The summed E-state index contributed by atoms with van der Waals surface area (Å²) in [6.45, 7) is 1.47. The number of carbonyl (C=O) groups excluding carboxylic acids is 1. The summed E-state index contributed by atoms with van der Waals surface area (Å²) in [7, 11) is 0. The number of carboxylic acid groups (broad SMARTS) is 1. The maximum atomic E-state index is 12.5. The third-order valence-electron chi connectivity index (χ3n) is 4.66. The fraction of sp³-hybridized carbons (Fsp3) is 0.364. The van der Waals surface area contributed by atoms with Crippen LogP contribution in [0.15, 0.2) is 48.5 Å². The Morgan fingerprint density at radius 1 is 1.03 bits per heavy atom. The van der Waals surface area contributed by atoms with Gasteiger partial charge >= 0.3 is 12.0 Å². The van der Waals surface area contributed by atoms with Gasteiger partial charge < -0.3 is 25.2 Å². The highest BCUT2D eigenvalue weighted by Crippen LogP contribution is 2.33. The molecule has 1 atom stereocenters. The molecule has 0 radical (unpaired) electrons. The van der Waals surface area contributed by atoms with Gasteiger partial charge in [-0.15, -0.1) is 0 Å². The van der Waals surface area contributed by atoms with Crippen LogP contribution in [0.5, 0.6) is 11.5 Å². The number of benzene rings is 2. The highest BCUT2D eigenvalue weighted by molar-refractivity contribution is 5.74. The summed E-state index contributed by atoms with van der Waals surface area (Å²) in [6, 6.07) is 14.7. The first-order valence-electron chi connectivity index (χ1n) is 9.79. The normalized spacial score (nSPS) is 13.8. The number of ether oxygens (including phenoxy) is 2. The summed E-state index contributed by atoms with van der Waals surface area (Å²) in [6.07, 6.45) is 1.73. The molecule has 0 saturated carbocycles. The highest BCUT2D eigenvalue weighted by atomic mass is 16.5. The zero-order chi connectivity index (χ0) is 20.5. The molecule has 0 saturated heterocycles. The van der Waals surface area contributed by atoms with Crippen molar-refractivity contribution in [1.82, 2.24) is 10.6 Å². The molecule has 154 valence electrons. The van der Waals surface area contributed by atoms with Gasteiger partial charge in [-0.3, -0.25) is 4.79 Å². The number of carboxylic acids is 1. The zero-order valence-corrected chi connectivity index (χ0v) is 16.2. The Labute approximate surface area is 170 Å². The number of hydrogen-bond acceptors (Lipinski definition) is 4. The van der Waals surface area contributed by atoms with E-state index >= 15 is 0 Å². The first kappa shape index (κ1) is 20.5. The number of hydrogen-bond donors (Lipinski definition) is 3. The summed E-state index contributed by atoms with van der Waals surface area (Å²) in [4.78, 5) is 23.4. The third kappa shape index (κ3) is 6.41. The number of amides is 2. The maximum absolute atomic E-state index is 12.5. The molecule has 2 aromatic carbocycles. The molecular weight excluding hydrogens is 372 g/mol. The highest BCUT2D eigenvalue weighted by Gasteiger charge is 2.17. The molecule has 3 rings (SSSR count). The van der Waals surface area contributed by atoms with E-state index in [-0.39, 0.29) is 25.0 Å². The number of fused-ring (bicyclic) bond motifs is 1. The predicted octanol–water partition coefficient (Wildman–Crippen LogP) is 3.12. The molecule has 1 aliphatic rings. The first-order valence-corrected chi connectivity index (χ1v) is 9.79. The van der Waals surface area contributed by atoms with Crippen molar-refractivity contribution in [1.29, 1.82) is 0 Å². The Hall–Kier alpha value is -3.22. The molecule has 0 aliphatic carbocycles. The smallest absolute Gasteiger partial charge is 0.315 e. The topological polar surface area (TPSA) is 96.9 Å². The van der Waals surface area contributed by atoms with Crippen molar-refractivity contribution in [2.45, 2.75) is 38.3 Å². The van der Waals surface area contributed by atoms with Crippen molar-refractivity contribution >= 4 is 12.0 Å². The van der Waals surface area contributed by atoms with Crippen LogP contribution in [0.2, 0.25) is 0 Å². The number of aliphatic carboxylic acids is 1. The van der Waals surface area contributed by atoms with E-state index in [9.17, 15) is 9.59 Å². The molecular formula is C22H26N2O5. The van der Waals surface area contributed by atoms with Crippen molar-refractivity contribution < 1.29 is 24.2 Å². The van der Waals surface area contributed by atoms with Crippen LogP contribution in [-0.2, 0) is 17.8 Å². The van der Waals surface area contributed by atoms with E-state index in [4.69, 9.17) is 14.6 Å². The molecule has 0 bridgehead atoms. The quantitative estimate of drug-likeness (QED) is 0.635. The Balaban J connectivity index is 1.59. The molecule has 3 N–H and O–H groups in total. The molecule has 1 heterocycles. The summed E-state index contributed by atoms with van der Waals surface area (Å²) in [5.74, 6) is 0.469. The average molecular weight is 398 g/mol.